The zero-order valence-electron chi connectivity index (χ0n) is 26.3. The number of carboxylic acid groups (broad SMARTS) is 1. The molecule has 0 aliphatic rings. The number of nitrogens with one attached hydrogen (secondary N) is 1. The second-order valence-corrected chi connectivity index (χ2v) is 17.7. The lowest BCUT2D eigenvalue weighted by molar-refractivity contribution is -0.137. The largest absolute Gasteiger partial charge is 0.489 e. The van der Waals surface area contributed by atoms with Gasteiger partial charge in [0.15, 0.2) is 8.32 Å². The molecule has 0 heterocycles. The highest BCUT2D eigenvalue weighted by atomic mass is 28.4. The summed E-state index contributed by atoms with van der Waals surface area (Å²) in [5.41, 5.74) is 5.05. The van der Waals surface area contributed by atoms with E-state index in [1.807, 2.05) is 61.5 Å². The summed E-state index contributed by atoms with van der Waals surface area (Å²) in [7, 11) is -2.11. The first-order valence-corrected chi connectivity index (χ1v) is 17.8. The van der Waals surface area contributed by atoms with Gasteiger partial charge in [-0.25, -0.2) is 0 Å². The zero-order chi connectivity index (χ0) is 30.9. The molecule has 3 aromatic rings. The van der Waals surface area contributed by atoms with Gasteiger partial charge in [-0.05, 0) is 71.8 Å². The van der Waals surface area contributed by atoms with Gasteiger partial charge in [0.25, 0.3) is 0 Å². The normalized spacial score (nSPS) is 14.3. The third-order valence-electron chi connectivity index (χ3n) is 8.30. The van der Waals surface area contributed by atoms with Gasteiger partial charge in [0, 0.05) is 18.2 Å². The minimum absolute atomic E-state index is 0.0338. The molecular formula is C35H49NO5Si. The maximum atomic E-state index is 11.2. The van der Waals surface area contributed by atoms with Crippen LogP contribution in [0.3, 0.4) is 0 Å². The van der Waals surface area contributed by atoms with E-state index in [2.05, 4.69) is 64.3 Å². The molecule has 0 amide bonds. The van der Waals surface area contributed by atoms with Crippen LogP contribution in [0.15, 0.2) is 72.8 Å². The maximum absolute atomic E-state index is 11.2. The SMILES string of the molecule is CC(Cc1cccc(C(C)CC(=O)O)c1)NCC(O[Si](C)(C)C(C)(C)C)c1ccc(OCc2ccccc2)c(CO)c1. The van der Waals surface area contributed by atoms with Crippen molar-refractivity contribution in [1.29, 1.82) is 0 Å². The highest BCUT2D eigenvalue weighted by Gasteiger charge is 2.39. The van der Waals surface area contributed by atoms with E-state index in [-0.39, 0.29) is 36.1 Å². The minimum Gasteiger partial charge on any atom is -0.489 e. The Morgan fingerprint density at radius 2 is 1.62 bits per heavy atom. The number of aliphatic carboxylic acids is 1. The smallest absolute Gasteiger partial charge is 0.303 e. The Balaban J connectivity index is 1.76. The quantitative estimate of drug-likeness (QED) is 0.158. The van der Waals surface area contributed by atoms with E-state index in [4.69, 9.17) is 9.16 Å². The molecule has 3 atom stereocenters. The lowest BCUT2D eigenvalue weighted by Crippen LogP contribution is -2.44. The van der Waals surface area contributed by atoms with E-state index in [1.54, 1.807) is 0 Å². The molecule has 0 aliphatic heterocycles. The van der Waals surface area contributed by atoms with Crippen molar-refractivity contribution in [3.63, 3.8) is 0 Å². The van der Waals surface area contributed by atoms with E-state index in [0.717, 1.165) is 28.7 Å². The average molecular weight is 592 g/mol. The van der Waals surface area contributed by atoms with Crippen molar-refractivity contribution in [1.82, 2.24) is 5.32 Å². The molecule has 228 valence electrons. The molecule has 0 radical (unpaired) electrons. The summed E-state index contributed by atoms with van der Waals surface area (Å²) >= 11 is 0. The molecule has 0 aliphatic carbocycles. The second kappa shape index (κ2) is 15.0. The highest BCUT2D eigenvalue weighted by molar-refractivity contribution is 6.74. The van der Waals surface area contributed by atoms with Gasteiger partial charge in [0.1, 0.15) is 12.4 Å². The van der Waals surface area contributed by atoms with E-state index in [1.165, 1.54) is 5.56 Å². The summed E-state index contributed by atoms with van der Waals surface area (Å²) in [5, 5.41) is 23.1. The van der Waals surface area contributed by atoms with Crippen molar-refractivity contribution in [2.45, 2.75) is 96.9 Å². The Kier molecular flexibility index (Phi) is 11.9. The van der Waals surface area contributed by atoms with Crippen molar-refractivity contribution < 1.29 is 24.2 Å². The number of aliphatic hydroxyl groups excluding tert-OH is 1. The molecule has 0 aromatic heterocycles. The maximum Gasteiger partial charge on any atom is 0.303 e. The predicted octanol–water partition coefficient (Wildman–Crippen LogP) is 7.62. The molecule has 3 aromatic carbocycles. The second-order valence-electron chi connectivity index (χ2n) is 12.9. The lowest BCUT2D eigenvalue weighted by atomic mass is 9.94. The van der Waals surface area contributed by atoms with Crippen LogP contribution in [0.5, 0.6) is 5.75 Å². The van der Waals surface area contributed by atoms with Crippen LogP contribution in [-0.2, 0) is 28.9 Å². The van der Waals surface area contributed by atoms with E-state index in [0.29, 0.717) is 18.9 Å². The fraction of sp³-hybridized carbons (Fsp3) is 0.457. The number of carboxylic acids is 1. The average Bonchev–Trinajstić information content (AvgIpc) is 2.93. The molecule has 0 fully saturated rings. The predicted molar refractivity (Wildman–Crippen MR) is 172 cm³/mol. The van der Waals surface area contributed by atoms with Crippen LogP contribution in [0, 0.1) is 0 Å². The summed E-state index contributed by atoms with van der Waals surface area (Å²) in [6, 6.07) is 24.4. The highest BCUT2D eigenvalue weighted by Crippen LogP contribution is 2.40. The Hall–Kier alpha value is -2.97. The van der Waals surface area contributed by atoms with Crippen molar-refractivity contribution in [3.05, 3.63) is 101 Å². The third kappa shape index (κ3) is 9.80. The molecular weight excluding hydrogens is 542 g/mol. The van der Waals surface area contributed by atoms with Gasteiger partial charge in [-0.3, -0.25) is 4.79 Å². The van der Waals surface area contributed by atoms with Gasteiger partial charge in [0.2, 0.25) is 0 Å². The number of carbonyl (C=O) groups is 1. The third-order valence-corrected chi connectivity index (χ3v) is 12.8. The van der Waals surface area contributed by atoms with Crippen LogP contribution in [0.25, 0.3) is 0 Å². The van der Waals surface area contributed by atoms with E-state index >= 15 is 0 Å². The van der Waals surface area contributed by atoms with E-state index in [9.17, 15) is 15.0 Å². The monoisotopic (exact) mass is 591 g/mol. The van der Waals surface area contributed by atoms with Crippen LogP contribution in [0.4, 0.5) is 0 Å². The Morgan fingerprint density at radius 3 is 2.26 bits per heavy atom. The first-order chi connectivity index (χ1) is 19.8. The van der Waals surface area contributed by atoms with E-state index < -0.39 is 14.3 Å². The number of benzene rings is 3. The van der Waals surface area contributed by atoms with Gasteiger partial charge in [0.05, 0.1) is 19.1 Å². The summed E-state index contributed by atoms with van der Waals surface area (Å²) in [6.07, 6.45) is 0.744. The standard InChI is InChI=1S/C35H49NO5Si/c1-25(18-34(38)39)29-15-11-14-28(20-29)19-26(2)36-22-33(41-42(6,7)35(3,4)5)30-16-17-32(31(21-30)23-37)40-24-27-12-9-8-10-13-27/h8-17,20-21,25-26,33,36-37H,18-19,22-24H2,1-7H3,(H,38,39). The summed E-state index contributed by atoms with van der Waals surface area (Å²) in [6.45, 7) is 16.3. The molecule has 3 rings (SSSR count). The zero-order valence-corrected chi connectivity index (χ0v) is 27.3. The van der Waals surface area contributed by atoms with Gasteiger partial charge in [-0.1, -0.05) is 88.4 Å². The minimum atomic E-state index is -2.11. The van der Waals surface area contributed by atoms with Gasteiger partial charge in [-0.15, -0.1) is 0 Å². The molecule has 0 bridgehead atoms. The van der Waals surface area contributed by atoms with Gasteiger partial charge < -0.3 is 24.7 Å². The number of hydrogen-bond donors (Lipinski definition) is 3. The molecule has 0 spiro atoms. The van der Waals surface area contributed by atoms with Crippen LogP contribution in [-0.4, -0.2) is 37.1 Å². The van der Waals surface area contributed by atoms with Crippen molar-refractivity contribution in [3.8, 4) is 5.75 Å². The Bertz CT molecular complexity index is 1290. The molecule has 6 nitrogen and oxygen atoms in total. The summed E-state index contributed by atoms with van der Waals surface area (Å²) in [5.74, 6) is -0.140. The lowest BCUT2D eigenvalue weighted by Gasteiger charge is -2.40. The first-order valence-electron chi connectivity index (χ1n) is 14.9. The molecule has 0 saturated carbocycles. The van der Waals surface area contributed by atoms with Gasteiger partial charge in [-0.2, -0.15) is 0 Å². The molecule has 3 unspecified atom stereocenters. The van der Waals surface area contributed by atoms with Crippen LogP contribution in [0.2, 0.25) is 18.1 Å². The number of rotatable bonds is 15. The fourth-order valence-corrected chi connectivity index (χ4v) is 5.98. The number of hydrogen-bond acceptors (Lipinski definition) is 5. The van der Waals surface area contributed by atoms with Crippen LogP contribution >= 0.6 is 0 Å². The van der Waals surface area contributed by atoms with Crippen LogP contribution < -0.4 is 10.1 Å². The summed E-state index contributed by atoms with van der Waals surface area (Å²) in [4.78, 5) is 11.2. The van der Waals surface area contributed by atoms with Crippen LogP contribution in [0.1, 0.15) is 80.9 Å². The van der Waals surface area contributed by atoms with Crippen molar-refractivity contribution in [2.75, 3.05) is 6.54 Å². The first kappa shape index (κ1) is 33.5. The van der Waals surface area contributed by atoms with Crippen molar-refractivity contribution in [2.24, 2.45) is 0 Å². The Morgan fingerprint density at radius 1 is 0.929 bits per heavy atom. The molecule has 0 saturated heterocycles. The summed E-state index contributed by atoms with van der Waals surface area (Å²) < 4.78 is 13.0. The topological polar surface area (TPSA) is 88.0 Å². The number of ether oxygens (including phenoxy) is 1. The fourth-order valence-electron chi connectivity index (χ4n) is 4.70. The molecule has 7 heteroatoms. The molecule has 42 heavy (non-hydrogen) atoms. The number of aliphatic hydroxyl groups is 1. The van der Waals surface area contributed by atoms with Crippen molar-refractivity contribution >= 4 is 14.3 Å². The molecule has 3 N–H and O–H groups in total. The van der Waals surface area contributed by atoms with Gasteiger partial charge >= 0.3 is 5.97 Å². The Labute approximate surface area is 253 Å².